The van der Waals surface area contributed by atoms with Crippen molar-refractivity contribution in [3.05, 3.63) is 28.2 Å². The molecule has 0 aliphatic heterocycles. The molecule has 0 bridgehead atoms. The number of nitrogens with one attached hydrogen (secondary N) is 2. The van der Waals surface area contributed by atoms with Crippen LogP contribution in [0.1, 0.15) is 13.8 Å². The molecule has 6 heteroatoms. The third kappa shape index (κ3) is 4.24. The molecule has 92 valence electrons. The summed E-state index contributed by atoms with van der Waals surface area (Å²) in [6.45, 7) is 3.53. The SMILES string of the molecule is CC(C)NC(=O)C(=O)Nc1ccc(Cl)cc1Cl. The number of carbonyl (C=O) groups is 2. The molecule has 0 saturated carbocycles. The first-order valence-corrected chi connectivity index (χ1v) is 5.72. The average Bonchev–Trinajstić information content (AvgIpc) is 2.21. The Balaban J connectivity index is 2.71. The molecular formula is C11H12Cl2N2O2. The van der Waals surface area contributed by atoms with Crippen molar-refractivity contribution in [2.24, 2.45) is 0 Å². The summed E-state index contributed by atoms with van der Waals surface area (Å²) in [5, 5.41) is 5.61. The third-order valence-corrected chi connectivity index (χ3v) is 2.35. The Kier molecular flexibility index (Phi) is 4.78. The molecule has 0 fully saturated rings. The van der Waals surface area contributed by atoms with Gasteiger partial charge in [0.25, 0.3) is 0 Å². The summed E-state index contributed by atoms with van der Waals surface area (Å²) in [7, 11) is 0. The number of rotatable bonds is 2. The first-order valence-electron chi connectivity index (χ1n) is 4.97. The Hall–Kier alpha value is -1.26. The second kappa shape index (κ2) is 5.89. The van der Waals surface area contributed by atoms with Crippen LogP contribution in [0.3, 0.4) is 0 Å². The standard InChI is InChI=1S/C11H12Cl2N2O2/c1-6(2)14-10(16)11(17)15-9-4-3-7(12)5-8(9)13/h3-6H,1-2H3,(H,14,16)(H,15,17). The van der Waals surface area contributed by atoms with Gasteiger partial charge in [0.1, 0.15) is 0 Å². The van der Waals surface area contributed by atoms with E-state index in [1.807, 2.05) is 0 Å². The molecule has 0 atom stereocenters. The van der Waals surface area contributed by atoms with E-state index in [1.165, 1.54) is 12.1 Å². The third-order valence-electron chi connectivity index (χ3n) is 1.81. The fourth-order valence-corrected chi connectivity index (χ4v) is 1.55. The van der Waals surface area contributed by atoms with Crippen molar-refractivity contribution in [2.75, 3.05) is 5.32 Å². The van der Waals surface area contributed by atoms with Crippen LogP contribution in [-0.4, -0.2) is 17.9 Å². The lowest BCUT2D eigenvalue weighted by Crippen LogP contribution is -2.39. The van der Waals surface area contributed by atoms with Gasteiger partial charge in [-0.3, -0.25) is 9.59 Å². The highest BCUT2D eigenvalue weighted by atomic mass is 35.5. The van der Waals surface area contributed by atoms with E-state index >= 15 is 0 Å². The molecule has 1 aromatic rings. The van der Waals surface area contributed by atoms with Gasteiger partial charge in [-0.25, -0.2) is 0 Å². The second-order valence-corrected chi connectivity index (χ2v) is 4.55. The molecule has 1 rings (SSSR count). The Labute approximate surface area is 109 Å². The van der Waals surface area contributed by atoms with E-state index in [0.29, 0.717) is 10.7 Å². The van der Waals surface area contributed by atoms with Gasteiger partial charge in [0, 0.05) is 11.1 Å². The zero-order chi connectivity index (χ0) is 13.0. The largest absolute Gasteiger partial charge is 0.346 e. The van der Waals surface area contributed by atoms with E-state index in [0.717, 1.165) is 0 Å². The van der Waals surface area contributed by atoms with Gasteiger partial charge in [0.15, 0.2) is 0 Å². The first kappa shape index (κ1) is 13.8. The summed E-state index contributed by atoms with van der Waals surface area (Å²) in [4.78, 5) is 22.8. The van der Waals surface area contributed by atoms with Crippen LogP contribution in [0.25, 0.3) is 0 Å². The quantitative estimate of drug-likeness (QED) is 0.814. The molecule has 17 heavy (non-hydrogen) atoms. The van der Waals surface area contributed by atoms with Gasteiger partial charge in [0.05, 0.1) is 10.7 Å². The monoisotopic (exact) mass is 274 g/mol. The second-order valence-electron chi connectivity index (χ2n) is 3.71. The number of carbonyl (C=O) groups excluding carboxylic acids is 2. The normalized spacial score (nSPS) is 10.2. The highest BCUT2D eigenvalue weighted by molar-refractivity contribution is 6.42. The van der Waals surface area contributed by atoms with Gasteiger partial charge in [0.2, 0.25) is 0 Å². The minimum Gasteiger partial charge on any atom is -0.346 e. The predicted molar refractivity (Wildman–Crippen MR) is 68.4 cm³/mol. The van der Waals surface area contributed by atoms with Crippen LogP contribution in [0.2, 0.25) is 10.0 Å². The number of halogens is 2. The van der Waals surface area contributed by atoms with Gasteiger partial charge >= 0.3 is 11.8 Å². The van der Waals surface area contributed by atoms with E-state index in [2.05, 4.69) is 10.6 Å². The molecule has 2 amide bonds. The fourth-order valence-electron chi connectivity index (χ4n) is 1.10. The topological polar surface area (TPSA) is 58.2 Å². The molecule has 4 nitrogen and oxygen atoms in total. The maximum absolute atomic E-state index is 11.5. The predicted octanol–water partition coefficient (Wildman–Crippen LogP) is 2.46. The zero-order valence-electron chi connectivity index (χ0n) is 9.38. The Morgan fingerprint density at radius 1 is 1.18 bits per heavy atom. The molecule has 0 unspecified atom stereocenters. The number of hydrogen-bond acceptors (Lipinski definition) is 2. The average molecular weight is 275 g/mol. The van der Waals surface area contributed by atoms with Gasteiger partial charge < -0.3 is 10.6 Å². The lowest BCUT2D eigenvalue weighted by atomic mass is 10.3. The summed E-state index contributed by atoms with van der Waals surface area (Å²) in [5.74, 6) is -1.46. The minimum atomic E-state index is -0.761. The van der Waals surface area contributed by atoms with Gasteiger partial charge in [-0.1, -0.05) is 23.2 Å². The van der Waals surface area contributed by atoms with E-state index in [1.54, 1.807) is 19.9 Å². The van der Waals surface area contributed by atoms with Gasteiger partial charge in [-0.2, -0.15) is 0 Å². The molecule has 1 aromatic carbocycles. The van der Waals surface area contributed by atoms with E-state index in [-0.39, 0.29) is 11.1 Å². The highest BCUT2D eigenvalue weighted by Crippen LogP contribution is 2.25. The number of anilines is 1. The van der Waals surface area contributed by atoms with Crippen LogP contribution in [0.5, 0.6) is 0 Å². The Bertz CT molecular complexity index is 447. The molecule has 0 spiro atoms. The van der Waals surface area contributed by atoms with Crippen LogP contribution in [-0.2, 0) is 9.59 Å². The summed E-state index contributed by atoms with van der Waals surface area (Å²) in [5.41, 5.74) is 0.347. The van der Waals surface area contributed by atoms with Crippen LogP contribution >= 0.6 is 23.2 Å². The molecular weight excluding hydrogens is 263 g/mol. The number of hydrogen-bond donors (Lipinski definition) is 2. The maximum Gasteiger partial charge on any atom is 0.313 e. The van der Waals surface area contributed by atoms with Crippen molar-refractivity contribution in [2.45, 2.75) is 19.9 Å². The number of benzene rings is 1. The lowest BCUT2D eigenvalue weighted by Gasteiger charge is -2.09. The molecule has 0 heterocycles. The zero-order valence-corrected chi connectivity index (χ0v) is 10.9. The van der Waals surface area contributed by atoms with E-state index in [9.17, 15) is 9.59 Å². The van der Waals surface area contributed by atoms with Crippen LogP contribution < -0.4 is 10.6 Å². The first-order chi connectivity index (χ1) is 7.90. The van der Waals surface area contributed by atoms with Crippen molar-refractivity contribution in [1.29, 1.82) is 0 Å². The van der Waals surface area contributed by atoms with Crippen molar-refractivity contribution in [1.82, 2.24) is 5.32 Å². The summed E-state index contributed by atoms with van der Waals surface area (Å²) < 4.78 is 0. The summed E-state index contributed by atoms with van der Waals surface area (Å²) in [6.07, 6.45) is 0. The summed E-state index contributed by atoms with van der Waals surface area (Å²) in [6, 6.07) is 4.49. The number of amides is 2. The maximum atomic E-state index is 11.5. The molecule has 2 N–H and O–H groups in total. The Morgan fingerprint density at radius 2 is 1.82 bits per heavy atom. The van der Waals surface area contributed by atoms with E-state index < -0.39 is 11.8 Å². The van der Waals surface area contributed by atoms with Gasteiger partial charge in [-0.15, -0.1) is 0 Å². The molecule has 0 aliphatic rings. The smallest absolute Gasteiger partial charge is 0.313 e. The van der Waals surface area contributed by atoms with Crippen molar-refractivity contribution in [3.8, 4) is 0 Å². The van der Waals surface area contributed by atoms with Crippen LogP contribution in [0.15, 0.2) is 18.2 Å². The highest BCUT2D eigenvalue weighted by Gasteiger charge is 2.15. The molecule has 0 aliphatic carbocycles. The van der Waals surface area contributed by atoms with Crippen molar-refractivity contribution in [3.63, 3.8) is 0 Å². The van der Waals surface area contributed by atoms with Crippen LogP contribution in [0, 0.1) is 0 Å². The summed E-state index contributed by atoms with van der Waals surface area (Å²) >= 11 is 11.6. The molecule has 0 radical (unpaired) electrons. The molecule has 0 saturated heterocycles. The fraction of sp³-hybridized carbons (Fsp3) is 0.273. The Morgan fingerprint density at radius 3 is 2.35 bits per heavy atom. The van der Waals surface area contributed by atoms with Crippen molar-refractivity contribution < 1.29 is 9.59 Å². The van der Waals surface area contributed by atoms with Gasteiger partial charge in [-0.05, 0) is 32.0 Å². The molecule has 0 aromatic heterocycles. The van der Waals surface area contributed by atoms with E-state index in [4.69, 9.17) is 23.2 Å². The van der Waals surface area contributed by atoms with Crippen molar-refractivity contribution >= 4 is 40.7 Å². The van der Waals surface area contributed by atoms with Crippen LogP contribution in [0.4, 0.5) is 5.69 Å². The minimum absolute atomic E-state index is 0.103. The lowest BCUT2D eigenvalue weighted by molar-refractivity contribution is -0.136.